The van der Waals surface area contributed by atoms with Crippen LogP contribution in [0.3, 0.4) is 0 Å². The molecule has 4 aromatic rings. The van der Waals surface area contributed by atoms with E-state index < -0.39 is 5.97 Å². The number of hydrogen-bond acceptors (Lipinski definition) is 12. The number of rotatable bonds is 15. The summed E-state index contributed by atoms with van der Waals surface area (Å²) < 4.78 is 22.0. The number of fused-ring (bicyclic) bond motifs is 1. The molecule has 13 nitrogen and oxygen atoms in total. The molecule has 0 aliphatic rings. The average Bonchev–Trinajstić information content (AvgIpc) is 3.00. The van der Waals surface area contributed by atoms with Crippen LogP contribution in [0, 0.1) is 0 Å². The normalized spacial score (nSPS) is 11.4. The van der Waals surface area contributed by atoms with Gasteiger partial charge in [0.15, 0.2) is 11.5 Å². The lowest BCUT2D eigenvalue weighted by molar-refractivity contribution is 0.0693. The minimum absolute atomic E-state index is 0.228. The molecule has 3 aromatic carbocycles. The number of methoxy groups -OCH3 is 2. The number of hydrogen-bond donors (Lipinski definition) is 5. The van der Waals surface area contributed by atoms with E-state index >= 15 is 0 Å². The molecular weight excluding hydrogens is 556 g/mol. The molecule has 1 heterocycles. The number of anilines is 3. The number of nitrogens with one attached hydrogen (secondary N) is 2. The van der Waals surface area contributed by atoms with E-state index in [1.165, 1.54) is 18.5 Å². The van der Waals surface area contributed by atoms with Gasteiger partial charge in [-0.25, -0.2) is 20.2 Å². The molecule has 0 saturated heterocycles. The Morgan fingerprint density at radius 2 is 1.70 bits per heavy atom. The third-order valence-electron chi connectivity index (χ3n) is 6.25. The zero-order valence-electron chi connectivity index (χ0n) is 24.0. The Hall–Kier alpha value is -5.11. The molecule has 0 fully saturated rings. The van der Waals surface area contributed by atoms with Crippen molar-refractivity contribution in [1.82, 2.24) is 15.4 Å². The number of aromatic carboxylic acids is 1. The lowest BCUT2D eigenvalue weighted by atomic mass is 10.1. The van der Waals surface area contributed by atoms with Gasteiger partial charge in [-0.15, -0.1) is 0 Å². The second kappa shape index (κ2) is 14.7. The van der Waals surface area contributed by atoms with E-state index in [4.69, 9.17) is 24.7 Å². The Balaban J connectivity index is 1.62. The molecule has 6 N–H and O–H groups in total. The minimum Gasteiger partial charge on any atom is -0.507 e. The summed E-state index contributed by atoms with van der Waals surface area (Å²) in [5, 5.41) is 24.8. The van der Waals surface area contributed by atoms with E-state index in [-0.39, 0.29) is 11.3 Å². The summed E-state index contributed by atoms with van der Waals surface area (Å²) >= 11 is 0. The molecule has 0 unspecified atom stereocenters. The van der Waals surface area contributed by atoms with Crippen molar-refractivity contribution in [3.63, 3.8) is 0 Å². The number of nitrogens with two attached hydrogens (primary N) is 1. The van der Waals surface area contributed by atoms with Gasteiger partial charge in [0.1, 0.15) is 36.7 Å². The highest BCUT2D eigenvalue weighted by Gasteiger charge is 2.15. The molecule has 0 spiro atoms. The van der Waals surface area contributed by atoms with E-state index in [1.807, 2.05) is 30.3 Å². The predicted molar refractivity (Wildman–Crippen MR) is 163 cm³/mol. The fourth-order valence-corrected chi connectivity index (χ4v) is 4.10. The first-order valence-corrected chi connectivity index (χ1v) is 13.2. The van der Waals surface area contributed by atoms with E-state index in [9.17, 15) is 15.0 Å². The largest absolute Gasteiger partial charge is 0.507 e. The van der Waals surface area contributed by atoms with Crippen LogP contribution in [-0.4, -0.2) is 73.8 Å². The molecule has 0 radical (unpaired) electrons. The first kappa shape index (κ1) is 30.8. The van der Waals surface area contributed by atoms with Gasteiger partial charge in [0.05, 0.1) is 30.1 Å². The smallest absolute Gasteiger partial charge is 0.339 e. The SMILES string of the molecule is CNN(/C=C(\N)c1cccc(Nc2ncnc3cc(OCCOC)c(OCCOC)cc23)c1)c1ccc(O)c(C(=O)O)c1. The molecular formula is C30H34N6O7. The Labute approximate surface area is 248 Å². The zero-order valence-corrected chi connectivity index (χ0v) is 24.0. The van der Waals surface area contributed by atoms with Crippen LogP contribution in [0.1, 0.15) is 15.9 Å². The van der Waals surface area contributed by atoms with Crippen molar-refractivity contribution in [2.24, 2.45) is 5.73 Å². The average molecular weight is 591 g/mol. The maximum atomic E-state index is 11.5. The molecule has 43 heavy (non-hydrogen) atoms. The van der Waals surface area contributed by atoms with Crippen LogP contribution in [0.15, 0.2) is 67.1 Å². The standard InChI is InChI=1S/C30H34N6O7/c1-32-36(21-7-8-26(37)23(14-21)30(38)39)17-24(31)19-5-4-6-20(13-19)35-29-22-15-27(42-11-9-40-2)28(43-12-10-41-3)16-25(22)33-18-34-29/h4-8,13-18,32,37H,9-12,31H2,1-3H3,(H,38,39)(H,33,34,35)/b24-17-. The van der Waals surface area contributed by atoms with Gasteiger partial charge in [-0.2, -0.15) is 0 Å². The Morgan fingerprint density at radius 3 is 2.37 bits per heavy atom. The number of aromatic nitrogens is 2. The quantitative estimate of drug-likeness (QED) is 0.100. The summed E-state index contributed by atoms with van der Waals surface area (Å²) in [6, 6.07) is 15.3. The first-order valence-electron chi connectivity index (χ1n) is 13.2. The lowest BCUT2D eigenvalue weighted by Crippen LogP contribution is -2.30. The molecule has 13 heteroatoms. The summed E-state index contributed by atoms with van der Waals surface area (Å²) in [5.74, 6) is 0.0258. The van der Waals surface area contributed by atoms with Crippen LogP contribution in [-0.2, 0) is 9.47 Å². The monoisotopic (exact) mass is 590 g/mol. The number of nitrogens with zero attached hydrogens (tertiary/aromatic N) is 3. The zero-order chi connectivity index (χ0) is 30.8. The number of carboxylic acid groups (broad SMARTS) is 1. The number of phenols is 1. The van der Waals surface area contributed by atoms with Gasteiger partial charge in [0.2, 0.25) is 0 Å². The van der Waals surface area contributed by atoms with E-state index in [1.54, 1.807) is 44.6 Å². The van der Waals surface area contributed by atoms with Crippen LogP contribution >= 0.6 is 0 Å². The van der Waals surface area contributed by atoms with E-state index in [0.717, 1.165) is 0 Å². The molecule has 1 aromatic heterocycles. The van der Waals surface area contributed by atoms with Crippen molar-refractivity contribution in [2.45, 2.75) is 0 Å². The van der Waals surface area contributed by atoms with Gasteiger partial charge in [0.25, 0.3) is 0 Å². The minimum atomic E-state index is -1.24. The Kier molecular flexibility index (Phi) is 10.5. The number of carbonyl (C=O) groups is 1. The molecule has 0 bridgehead atoms. The summed E-state index contributed by atoms with van der Waals surface area (Å²) in [4.78, 5) is 20.3. The van der Waals surface area contributed by atoms with Crippen molar-refractivity contribution in [1.29, 1.82) is 0 Å². The van der Waals surface area contributed by atoms with E-state index in [0.29, 0.717) is 77.3 Å². The highest BCUT2D eigenvalue weighted by atomic mass is 16.5. The topological polar surface area (TPSA) is 174 Å². The third-order valence-corrected chi connectivity index (χ3v) is 6.25. The molecule has 0 amide bonds. The van der Waals surface area contributed by atoms with Crippen LogP contribution in [0.2, 0.25) is 0 Å². The van der Waals surface area contributed by atoms with Crippen LogP contribution < -0.4 is 31.0 Å². The van der Waals surface area contributed by atoms with Gasteiger partial charge >= 0.3 is 5.97 Å². The fraction of sp³-hybridized carbons (Fsp3) is 0.233. The van der Waals surface area contributed by atoms with Crippen molar-refractivity contribution >= 4 is 39.8 Å². The summed E-state index contributed by atoms with van der Waals surface area (Å²) in [7, 11) is 4.87. The number of benzene rings is 3. The summed E-state index contributed by atoms with van der Waals surface area (Å²) in [6.45, 7) is 1.51. The van der Waals surface area contributed by atoms with Crippen LogP contribution in [0.5, 0.6) is 17.2 Å². The number of hydrazine groups is 1. The van der Waals surface area contributed by atoms with Crippen LogP contribution in [0.4, 0.5) is 17.2 Å². The first-order chi connectivity index (χ1) is 20.8. The number of ether oxygens (including phenoxy) is 4. The van der Waals surface area contributed by atoms with Gasteiger partial charge in [-0.1, -0.05) is 12.1 Å². The van der Waals surface area contributed by atoms with Crippen molar-refractivity contribution in [3.8, 4) is 17.2 Å². The molecule has 0 atom stereocenters. The van der Waals surface area contributed by atoms with Gasteiger partial charge in [0, 0.05) is 50.2 Å². The van der Waals surface area contributed by atoms with Crippen molar-refractivity contribution in [3.05, 3.63) is 78.3 Å². The van der Waals surface area contributed by atoms with Crippen molar-refractivity contribution < 1.29 is 34.0 Å². The molecule has 0 aliphatic carbocycles. The molecule has 0 aliphatic heterocycles. The van der Waals surface area contributed by atoms with Crippen molar-refractivity contribution in [2.75, 3.05) is 58.0 Å². The fourth-order valence-electron chi connectivity index (χ4n) is 4.10. The van der Waals surface area contributed by atoms with Gasteiger partial charge < -0.3 is 40.2 Å². The van der Waals surface area contributed by atoms with E-state index in [2.05, 4.69) is 20.7 Å². The maximum absolute atomic E-state index is 11.5. The Morgan fingerprint density at radius 1 is 0.977 bits per heavy atom. The van der Waals surface area contributed by atoms with Gasteiger partial charge in [-0.3, -0.25) is 5.01 Å². The van der Waals surface area contributed by atoms with Gasteiger partial charge in [-0.05, 0) is 36.4 Å². The number of aromatic hydroxyl groups is 1. The summed E-state index contributed by atoms with van der Waals surface area (Å²) in [6.07, 6.45) is 3.08. The highest BCUT2D eigenvalue weighted by molar-refractivity contribution is 5.93. The molecule has 0 saturated carbocycles. The third kappa shape index (κ3) is 7.80. The predicted octanol–water partition coefficient (Wildman–Crippen LogP) is 3.73. The molecule has 4 rings (SSSR count). The lowest BCUT2D eigenvalue weighted by Gasteiger charge is -2.21. The number of carboxylic acids is 1. The molecule has 226 valence electrons. The summed E-state index contributed by atoms with van der Waals surface area (Å²) in [5.41, 5.74) is 12.1. The Bertz CT molecular complexity index is 1600. The maximum Gasteiger partial charge on any atom is 0.339 e. The van der Waals surface area contributed by atoms with Crippen LogP contribution in [0.25, 0.3) is 16.6 Å². The highest BCUT2D eigenvalue weighted by Crippen LogP contribution is 2.35. The second-order valence-electron chi connectivity index (χ2n) is 9.11. The second-order valence-corrected chi connectivity index (χ2v) is 9.11.